The van der Waals surface area contributed by atoms with Crippen LogP contribution < -0.4 is 14.8 Å². The molecule has 0 fully saturated rings. The fourth-order valence-electron chi connectivity index (χ4n) is 2.65. The first-order valence-electron chi connectivity index (χ1n) is 9.00. The maximum absolute atomic E-state index is 12.5. The zero-order chi connectivity index (χ0) is 21.4. The molecule has 0 aromatic heterocycles. The number of rotatable bonds is 10. The molecule has 0 saturated carbocycles. The number of hydrogen-bond donors (Lipinski definition) is 2. The molecule has 1 amide bonds. The Kier molecular flexibility index (Phi) is 8.63. The van der Waals surface area contributed by atoms with Crippen LogP contribution in [0.3, 0.4) is 0 Å². The molecule has 2 aromatic carbocycles. The predicted molar refractivity (Wildman–Crippen MR) is 115 cm³/mol. The Morgan fingerprint density at radius 3 is 2.38 bits per heavy atom. The molecule has 0 unspecified atom stereocenters. The highest BCUT2D eigenvalue weighted by atomic mass is 79.9. The molecule has 2 N–H and O–H groups in total. The number of ether oxygens (including phenoxy) is 2. The molecule has 158 valence electrons. The molecule has 0 radical (unpaired) electrons. The summed E-state index contributed by atoms with van der Waals surface area (Å²) < 4.78 is 38.1. The van der Waals surface area contributed by atoms with Gasteiger partial charge in [-0.3, -0.25) is 4.79 Å². The van der Waals surface area contributed by atoms with E-state index in [-0.39, 0.29) is 30.2 Å². The fourth-order valence-corrected chi connectivity index (χ4v) is 4.12. The summed E-state index contributed by atoms with van der Waals surface area (Å²) in [5.41, 5.74) is 2.43. The molecule has 0 aliphatic carbocycles. The lowest BCUT2D eigenvalue weighted by Crippen LogP contribution is -2.30. The van der Waals surface area contributed by atoms with Crippen molar-refractivity contribution >= 4 is 31.9 Å². The average molecular weight is 485 g/mol. The number of methoxy groups -OCH3 is 1. The topological polar surface area (TPSA) is 93.7 Å². The molecular weight excluding hydrogens is 460 g/mol. The SMILES string of the molecule is COCCNS(=O)(=O)c1ccc(Br)c(C(=O)NCCOc2cc(C)cc(C)c2)c1. The minimum Gasteiger partial charge on any atom is -0.492 e. The highest BCUT2D eigenvalue weighted by molar-refractivity contribution is 9.10. The molecule has 0 aliphatic heterocycles. The van der Waals surface area contributed by atoms with Gasteiger partial charge in [-0.1, -0.05) is 6.07 Å². The molecule has 0 heterocycles. The predicted octanol–water partition coefficient (Wildman–Crippen LogP) is 2.80. The van der Waals surface area contributed by atoms with Gasteiger partial charge in [0, 0.05) is 18.1 Å². The molecule has 7 nitrogen and oxygen atoms in total. The number of halogens is 1. The molecule has 0 aliphatic rings. The Morgan fingerprint density at radius 2 is 1.72 bits per heavy atom. The Labute approximate surface area is 180 Å². The van der Waals surface area contributed by atoms with E-state index in [9.17, 15) is 13.2 Å². The second-order valence-corrected chi connectivity index (χ2v) is 9.08. The summed E-state index contributed by atoms with van der Waals surface area (Å²) in [6, 6.07) is 10.2. The lowest BCUT2D eigenvalue weighted by molar-refractivity contribution is 0.0946. The van der Waals surface area contributed by atoms with Crippen LogP contribution in [0.5, 0.6) is 5.75 Å². The highest BCUT2D eigenvalue weighted by Crippen LogP contribution is 2.21. The van der Waals surface area contributed by atoms with Crippen LogP contribution in [0.15, 0.2) is 45.8 Å². The molecule has 0 spiro atoms. The van der Waals surface area contributed by atoms with E-state index in [1.54, 1.807) is 0 Å². The van der Waals surface area contributed by atoms with Gasteiger partial charge in [-0.2, -0.15) is 0 Å². The van der Waals surface area contributed by atoms with Gasteiger partial charge < -0.3 is 14.8 Å². The summed E-state index contributed by atoms with van der Waals surface area (Å²) in [5, 5.41) is 2.74. The van der Waals surface area contributed by atoms with E-state index in [0.29, 0.717) is 11.1 Å². The van der Waals surface area contributed by atoms with Crippen LogP contribution in [0.1, 0.15) is 21.5 Å². The van der Waals surface area contributed by atoms with Crippen LogP contribution in [0.25, 0.3) is 0 Å². The fraction of sp³-hybridized carbons (Fsp3) is 0.350. The third-order valence-corrected chi connectivity index (χ3v) is 6.09. The van der Waals surface area contributed by atoms with Gasteiger partial charge in [0.1, 0.15) is 12.4 Å². The number of carbonyl (C=O) groups excluding carboxylic acids is 1. The van der Waals surface area contributed by atoms with E-state index in [1.807, 2.05) is 26.0 Å². The van der Waals surface area contributed by atoms with E-state index in [0.717, 1.165) is 16.9 Å². The van der Waals surface area contributed by atoms with E-state index < -0.39 is 15.9 Å². The van der Waals surface area contributed by atoms with Crippen LogP contribution in [0, 0.1) is 13.8 Å². The molecule has 2 aromatic rings. The molecule has 0 atom stereocenters. The van der Waals surface area contributed by atoms with Crippen LogP contribution in [-0.4, -0.2) is 47.7 Å². The van der Waals surface area contributed by atoms with Crippen molar-refractivity contribution in [1.29, 1.82) is 0 Å². The Hall–Kier alpha value is -1.94. The molecule has 9 heteroatoms. The summed E-state index contributed by atoms with van der Waals surface area (Å²) in [5.74, 6) is 0.350. The van der Waals surface area contributed by atoms with Crippen molar-refractivity contribution < 1.29 is 22.7 Å². The summed E-state index contributed by atoms with van der Waals surface area (Å²) in [4.78, 5) is 12.5. The van der Waals surface area contributed by atoms with Crippen LogP contribution in [0.4, 0.5) is 0 Å². The van der Waals surface area contributed by atoms with Crippen molar-refractivity contribution in [3.05, 3.63) is 57.6 Å². The second-order valence-electron chi connectivity index (χ2n) is 6.46. The van der Waals surface area contributed by atoms with Gasteiger partial charge in [-0.05, 0) is 71.2 Å². The van der Waals surface area contributed by atoms with Crippen LogP contribution >= 0.6 is 15.9 Å². The summed E-state index contributed by atoms with van der Waals surface area (Å²) >= 11 is 3.30. The largest absolute Gasteiger partial charge is 0.492 e. The average Bonchev–Trinajstić information content (AvgIpc) is 2.64. The number of nitrogens with one attached hydrogen (secondary N) is 2. The van der Waals surface area contributed by atoms with Crippen LogP contribution in [-0.2, 0) is 14.8 Å². The van der Waals surface area contributed by atoms with E-state index in [4.69, 9.17) is 9.47 Å². The standard InChI is InChI=1S/C20H25BrN2O5S/c1-14-10-15(2)12-16(11-14)28-9-6-22-20(24)18-13-17(4-5-19(18)21)29(25,26)23-7-8-27-3/h4-5,10-13,23H,6-9H2,1-3H3,(H,22,24). The normalized spacial score (nSPS) is 11.3. The third-order valence-electron chi connectivity index (χ3n) is 3.94. The van der Waals surface area contributed by atoms with Crippen molar-refractivity contribution in [2.75, 3.05) is 33.4 Å². The van der Waals surface area contributed by atoms with Crippen molar-refractivity contribution in [3.63, 3.8) is 0 Å². The van der Waals surface area contributed by atoms with Gasteiger partial charge in [0.15, 0.2) is 0 Å². The van der Waals surface area contributed by atoms with Gasteiger partial charge in [-0.25, -0.2) is 13.1 Å². The molecule has 29 heavy (non-hydrogen) atoms. The lowest BCUT2D eigenvalue weighted by atomic mass is 10.1. The van der Waals surface area contributed by atoms with Gasteiger partial charge in [-0.15, -0.1) is 0 Å². The zero-order valence-corrected chi connectivity index (χ0v) is 19.0. The number of hydrogen-bond acceptors (Lipinski definition) is 5. The van der Waals surface area contributed by atoms with E-state index >= 15 is 0 Å². The van der Waals surface area contributed by atoms with E-state index in [2.05, 4.69) is 32.0 Å². The summed E-state index contributed by atoms with van der Waals surface area (Å²) in [6.45, 7) is 4.95. The number of carbonyl (C=O) groups is 1. The van der Waals surface area contributed by atoms with Gasteiger partial charge >= 0.3 is 0 Å². The first kappa shape index (κ1) is 23.3. The van der Waals surface area contributed by atoms with Gasteiger partial charge in [0.2, 0.25) is 10.0 Å². The van der Waals surface area contributed by atoms with Crippen molar-refractivity contribution in [2.24, 2.45) is 0 Å². The number of amides is 1. The summed E-state index contributed by atoms with van der Waals surface area (Å²) in [6.07, 6.45) is 0. The maximum Gasteiger partial charge on any atom is 0.252 e. The number of sulfonamides is 1. The minimum atomic E-state index is -3.73. The van der Waals surface area contributed by atoms with Crippen molar-refractivity contribution in [1.82, 2.24) is 10.0 Å². The second kappa shape index (κ2) is 10.7. The van der Waals surface area contributed by atoms with Gasteiger partial charge in [0.05, 0.1) is 23.6 Å². The first-order valence-corrected chi connectivity index (χ1v) is 11.3. The lowest BCUT2D eigenvalue weighted by Gasteiger charge is -2.11. The molecular formula is C20H25BrN2O5S. The number of benzene rings is 2. The highest BCUT2D eigenvalue weighted by Gasteiger charge is 2.18. The third kappa shape index (κ3) is 7.11. The summed E-state index contributed by atoms with van der Waals surface area (Å²) in [7, 11) is -2.24. The van der Waals surface area contributed by atoms with Crippen molar-refractivity contribution in [2.45, 2.75) is 18.7 Å². The van der Waals surface area contributed by atoms with Crippen LogP contribution in [0.2, 0.25) is 0 Å². The monoisotopic (exact) mass is 484 g/mol. The minimum absolute atomic E-state index is 0.00781. The Bertz CT molecular complexity index is 943. The molecule has 0 saturated heterocycles. The van der Waals surface area contributed by atoms with Gasteiger partial charge in [0.25, 0.3) is 5.91 Å². The molecule has 0 bridgehead atoms. The quantitative estimate of drug-likeness (QED) is 0.505. The number of aryl methyl sites for hydroxylation is 2. The molecule has 2 rings (SSSR count). The van der Waals surface area contributed by atoms with E-state index in [1.165, 1.54) is 25.3 Å². The maximum atomic E-state index is 12.5. The Morgan fingerprint density at radius 1 is 1.03 bits per heavy atom. The smallest absolute Gasteiger partial charge is 0.252 e. The van der Waals surface area contributed by atoms with Crippen molar-refractivity contribution in [3.8, 4) is 5.75 Å². The Balaban J connectivity index is 1.97. The zero-order valence-electron chi connectivity index (χ0n) is 16.6. The first-order chi connectivity index (χ1) is 13.7.